The fourth-order valence-electron chi connectivity index (χ4n) is 2.02. The third-order valence-electron chi connectivity index (χ3n) is 3.28. The van der Waals surface area contributed by atoms with Crippen LogP contribution >= 0.6 is 11.8 Å². The summed E-state index contributed by atoms with van der Waals surface area (Å²) in [5.74, 6) is 1.81. The van der Waals surface area contributed by atoms with E-state index in [-0.39, 0.29) is 6.03 Å². The van der Waals surface area contributed by atoms with Gasteiger partial charge >= 0.3 is 12.0 Å². The van der Waals surface area contributed by atoms with Crippen LogP contribution in [0.4, 0.5) is 4.79 Å². The minimum absolute atomic E-state index is 0.388. The van der Waals surface area contributed by atoms with Gasteiger partial charge in [0.1, 0.15) is 6.04 Å². The van der Waals surface area contributed by atoms with E-state index in [4.69, 9.17) is 5.11 Å². The minimum Gasteiger partial charge on any atom is -0.480 e. The van der Waals surface area contributed by atoms with Gasteiger partial charge in [0.15, 0.2) is 0 Å². The van der Waals surface area contributed by atoms with Crippen molar-refractivity contribution < 1.29 is 14.7 Å². The molecule has 0 bridgehead atoms. The number of hydrogen-bond acceptors (Lipinski definition) is 3. The van der Waals surface area contributed by atoms with Gasteiger partial charge in [-0.15, -0.1) is 0 Å². The highest BCUT2D eigenvalue weighted by atomic mass is 32.2. The van der Waals surface area contributed by atoms with Gasteiger partial charge in [-0.2, -0.15) is 11.8 Å². The molecule has 1 fully saturated rings. The summed E-state index contributed by atoms with van der Waals surface area (Å²) in [7, 11) is 0. The van der Waals surface area contributed by atoms with Crippen molar-refractivity contribution in [3.8, 4) is 0 Å². The van der Waals surface area contributed by atoms with Gasteiger partial charge in [0.05, 0.1) is 0 Å². The van der Waals surface area contributed by atoms with Crippen molar-refractivity contribution in [1.82, 2.24) is 10.6 Å². The predicted molar refractivity (Wildman–Crippen MR) is 77.5 cm³/mol. The van der Waals surface area contributed by atoms with Crippen LogP contribution in [-0.2, 0) is 4.79 Å². The number of urea groups is 1. The van der Waals surface area contributed by atoms with Crippen molar-refractivity contribution in [1.29, 1.82) is 0 Å². The second-order valence-corrected chi connectivity index (χ2v) is 7.27. The van der Waals surface area contributed by atoms with E-state index in [0.717, 1.165) is 24.3 Å². The van der Waals surface area contributed by atoms with Gasteiger partial charge in [-0.05, 0) is 35.7 Å². The standard InChI is InChI=1S/C13H24N2O3S/c1-13(2,3)10(11(16)17)15-12(18)14-8-9-4-6-19-7-5-9/h9-10H,4-8H2,1-3H3,(H,16,17)(H2,14,15,18)/t10-/m1/s1. The van der Waals surface area contributed by atoms with Crippen LogP contribution in [0.5, 0.6) is 0 Å². The topological polar surface area (TPSA) is 78.4 Å². The average Bonchev–Trinajstić information content (AvgIpc) is 2.33. The zero-order chi connectivity index (χ0) is 14.5. The Morgan fingerprint density at radius 1 is 1.32 bits per heavy atom. The number of carboxylic acids is 1. The monoisotopic (exact) mass is 288 g/mol. The SMILES string of the molecule is CC(C)(C)[C@H](NC(=O)NCC1CCSCC1)C(=O)O. The first kappa shape index (κ1) is 16.1. The van der Waals surface area contributed by atoms with E-state index in [1.165, 1.54) is 0 Å². The van der Waals surface area contributed by atoms with Crippen LogP contribution in [0.25, 0.3) is 0 Å². The van der Waals surface area contributed by atoms with E-state index in [1.54, 1.807) is 20.8 Å². The highest BCUT2D eigenvalue weighted by Gasteiger charge is 2.32. The molecule has 0 aromatic rings. The number of hydrogen-bond donors (Lipinski definition) is 3. The first-order valence-corrected chi connectivity index (χ1v) is 7.81. The number of amides is 2. The second-order valence-electron chi connectivity index (χ2n) is 6.05. The predicted octanol–water partition coefficient (Wildman–Crippen LogP) is 1.93. The molecule has 19 heavy (non-hydrogen) atoms. The zero-order valence-corrected chi connectivity index (χ0v) is 12.7. The summed E-state index contributed by atoms with van der Waals surface area (Å²) < 4.78 is 0. The molecule has 0 aliphatic carbocycles. The summed E-state index contributed by atoms with van der Waals surface area (Å²) >= 11 is 1.94. The lowest BCUT2D eigenvalue weighted by atomic mass is 9.87. The molecular weight excluding hydrogens is 264 g/mol. The number of thioether (sulfide) groups is 1. The molecule has 0 unspecified atom stereocenters. The van der Waals surface area contributed by atoms with Gasteiger partial charge in [-0.1, -0.05) is 20.8 Å². The second kappa shape index (κ2) is 7.03. The molecule has 1 atom stereocenters. The zero-order valence-electron chi connectivity index (χ0n) is 11.9. The summed E-state index contributed by atoms with van der Waals surface area (Å²) in [6, 6.07) is -1.27. The molecule has 1 aliphatic heterocycles. The summed E-state index contributed by atoms with van der Waals surface area (Å²) in [5, 5.41) is 14.5. The van der Waals surface area contributed by atoms with E-state index in [0.29, 0.717) is 12.5 Å². The quantitative estimate of drug-likeness (QED) is 0.738. The number of carboxylic acid groups (broad SMARTS) is 1. The first-order valence-electron chi connectivity index (χ1n) is 6.65. The Morgan fingerprint density at radius 3 is 2.37 bits per heavy atom. The van der Waals surface area contributed by atoms with Crippen LogP contribution in [-0.4, -0.2) is 41.2 Å². The summed E-state index contributed by atoms with van der Waals surface area (Å²) in [5.41, 5.74) is -0.509. The van der Waals surface area contributed by atoms with E-state index in [9.17, 15) is 9.59 Å². The molecule has 0 radical (unpaired) electrons. The van der Waals surface area contributed by atoms with Gasteiger partial charge in [0.2, 0.25) is 0 Å². The van der Waals surface area contributed by atoms with Gasteiger partial charge in [-0.25, -0.2) is 9.59 Å². The number of aliphatic carboxylic acids is 1. The molecule has 3 N–H and O–H groups in total. The molecule has 110 valence electrons. The van der Waals surface area contributed by atoms with Crippen LogP contribution in [0.3, 0.4) is 0 Å². The molecule has 1 aliphatic rings. The molecule has 1 heterocycles. The van der Waals surface area contributed by atoms with Crippen LogP contribution in [0.2, 0.25) is 0 Å². The van der Waals surface area contributed by atoms with E-state index in [2.05, 4.69) is 10.6 Å². The molecule has 1 saturated heterocycles. The smallest absolute Gasteiger partial charge is 0.326 e. The number of nitrogens with one attached hydrogen (secondary N) is 2. The molecule has 0 aromatic heterocycles. The molecule has 2 amide bonds. The van der Waals surface area contributed by atoms with E-state index >= 15 is 0 Å². The highest BCUT2D eigenvalue weighted by molar-refractivity contribution is 7.99. The number of carbonyl (C=O) groups excluding carboxylic acids is 1. The third kappa shape index (κ3) is 5.72. The Labute approximate surface area is 118 Å². The van der Waals surface area contributed by atoms with E-state index in [1.807, 2.05) is 11.8 Å². The summed E-state index contributed by atoms with van der Waals surface area (Å²) in [6.45, 7) is 6.02. The maximum Gasteiger partial charge on any atom is 0.326 e. The van der Waals surface area contributed by atoms with Crippen LogP contribution in [0.15, 0.2) is 0 Å². The van der Waals surface area contributed by atoms with Crippen molar-refractivity contribution in [3.05, 3.63) is 0 Å². The molecule has 1 rings (SSSR count). The summed E-state index contributed by atoms with van der Waals surface area (Å²) in [4.78, 5) is 22.9. The van der Waals surface area contributed by atoms with Crippen molar-refractivity contribution in [2.45, 2.75) is 39.7 Å². The maximum atomic E-state index is 11.8. The Morgan fingerprint density at radius 2 is 1.89 bits per heavy atom. The average molecular weight is 288 g/mol. The molecule has 5 nitrogen and oxygen atoms in total. The van der Waals surface area contributed by atoms with Gasteiger partial charge in [0.25, 0.3) is 0 Å². The molecular formula is C13H24N2O3S. The number of rotatable bonds is 4. The van der Waals surface area contributed by atoms with Gasteiger partial charge in [-0.3, -0.25) is 0 Å². The molecule has 0 saturated carbocycles. The Balaban J connectivity index is 2.38. The fraction of sp³-hybridized carbons (Fsp3) is 0.846. The number of carbonyl (C=O) groups is 2. The molecule has 6 heteroatoms. The fourth-order valence-corrected chi connectivity index (χ4v) is 3.22. The Hall–Kier alpha value is -0.910. The lowest BCUT2D eigenvalue weighted by Crippen LogP contribution is -2.52. The van der Waals surface area contributed by atoms with Gasteiger partial charge in [0, 0.05) is 6.54 Å². The maximum absolute atomic E-state index is 11.8. The van der Waals surface area contributed by atoms with Crippen LogP contribution in [0, 0.1) is 11.3 Å². The van der Waals surface area contributed by atoms with Crippen molar-refractivity contribution in [2.24, 2.45) is 11.3 Å². The summed E-state index contributed by atoms with van der Waals surface area (Å²) in [6.07, 6.45) is 2.24. The minimum atomic E-state index is -1.00. The van der Waals surface area contributed by atoms with Crippen molar-refractivity contribution in [2.75, 3.05) is 18.1 Å². The van der Waals surface area contributed by atoms with Gasteiger partial charge < -0.3 is 15.7 Å². The highest BCUT2D eigenvalue weighted by Crippen LogP contribution is 2.22. The lowest BCUT2D eigenvalue weighted by Gasteiger charge is -2.28. The first-order chi connectivity index (χ1) is 8.80. The van der Waals surface area contributed by atoms with Crippen LogP contribution < -0.4 is 10.6 Å². The Kier molecular flexibility index (Phi) is 5.97. The Bertz CT molecular complexity index is 322. The van der Waals surface area contributed by atoms with Crippen molar-refractivity contribution >= 4 is 23.8 Å². The van der Waals surface area contributed by atoms with Crippen LogP contribution in [0.1, 0.15) is 33.6 Å². The van der Waals surface area contributed by atoms with E-state index < -0.39 is 17.4 Å². The third-order valence-corrected chi connectivity index (χ3v) is 4.33. The normalized spacial score (nSPS) is 18.7. The largest absolute Gasteiger partial charge is 0.480 e. The lowest BCUT2D eigenvalue weighted by molar-refractivity contribution is -0.141. The van der Waals surface area contributed by atoms with Crippen molar-refractivity contribution in [3.63, 3.8) is 0 Å². The molecule has 0 aromatic carbocycles. The molecule has 0 spiro atoms.